The molecular weight excluding hydrogens is 464 g/mol. The van der Waals surface area contributed by atoms with E-state index in [1.54, 1.807) is 0 Å². The molecule has 26 heteroatoms. The van der Waals surface area contributed by atoms with Crippen molar-refractivity contribution < 1.29 is 55.2 Å². The van der Waals surface area contributed by atoms with Gasteiger partial charge in [0.05, 0.1) is 25.4 Å². The van der Waals surface area contributed by atoms with E-state index in [0.717, 1.165) is 0 Å². The van der Waals surface area contributed by atoms with Gasteiger partial charge in [0.1, 0.15) is 0 Å². The summed E-state index contributed by atoms with van der Waals surface area (Å²) in [5, 5.41) is 87.4. The fourth-order valence-electron chi connectivity index (χ4n) is 0. The molecule has 0 unspecified atom stereocenters. The minimum absolute atomic E-state index is 0. The topological polar surface area (TPSA) is 394 Å². The Bertz CT molecular complexity index is 263. The number of nitrogens with zero attached hydrogens (tertiary/aromatic N) is 6. The van der Waals surface area contributed by atoms with Gasteiger partial charge in [0.2, 0.25) is 0 Å². The van der Waals surface area contributed by atoms with E-state index in [1.165, 1.54) is 0 Å². The number of rotatable bonds is 0. The molecule has 0 saturated carbocycles. The van der Waals surface area contributed by atoms with Gasteiger partial charge in [-0.05, 0) is 0 Å². The van der Waals surface area contributed by atoms with Crippen LogP contribution in [0.15, 0.2) is 0 Å². The molecule has 0 aliphatic rings. The van der Waals surface area contributed by atoms with Crippen molar-refractivity contribution in [2.45, 2.75) is 0 Å². The second-order valence-corrected chi connectivity index (χ2v) is 1.36. The zero-order chi connectivity index (χ0) is 21.5. The van der Waals surface area contributed by atoms with Gasteiger partial charge in [0.25, 0.3) is 5.09 Å². The summed E-state index contributed by atoms with van der Waals surface area (Å²) in [6.45, 7) is 0. The van der Waals surface area contributed by atoms with Crippen LogP contribution in [-0.2, 0) is 19.5 Å². The average Bonchev–Trinajstić information content (AvgIpc) is 2.08. The minimum Gasteiger partial charge on any atom is -0.356 e. The normalized spacial score (nSPS) is 5.54. The molecule has 0 saturated heterocycles. The predicted molar refractivity (Wildman–Crippen MR) is 66.3 cm³/mol. The third kappa shape index (κ3) is 574. The summed E-state index contributed by atoms with van der Waals surface area (Å²) in [5.41, 5.74) is 0. The molecule has 0 aromatic rings. The van der Waals surface area contributed by atoms with Gasteiger partial charge in [-0.25, -0.2) is 0 Å². The maximum Gasteiger partial charge on any atom is 3.00 e. The van der Waals surface area contributed by atoms with E-state index >= 15 is 0 Å². The molecule has 0 aliphatic heterocycles. The Labute approximate surface area is 160 Å². The Morgan fingerprint density at radius 1 is 0.423 bits per heavy atom. The summed E-state index contributed by atoms with van der Waals surface area (Å²) in [4.78, 5) is 49.6. The molecule has 0 bridgehead atoms. The van der Waals surface area contributed by atoms with Crippen LogP contribution in [-0.4, -0.2) is 53.1 Å². The van der Waals surface area contributed by atoms with Crippen LogP contribution in [0.3, 0.4) is 0 Å². The second kappa shape index (κ2) is 42.9. The molecule has 0 heterocycles. The summed E-state index contributed by atoms with van der Waals surface area (Å²) < 4.78 is 0. The van der Waals surface area contributed by atoms with Gasteiger partial charge in [-0.3, -0.25) is 0 Å². The molecule has 0 radical (unpaired) electrons. The van der Waals surface area contributed by atoms with Gasteiger partial charge in [0, 0.05) is 0 Å². The smallest absolute Gasteiger partial charge is 0.356 e. The third-order valence-corrected chi connectivity index (χ3v) is 0. The van der Waals surface area contributed by atoms with Gasteiger partial charge in [-0.15, -0.1) is 10.1 Å². The SMILES string of the molecule is O=[N+]([O-])O.O=[N+]([O-])[O-].O=[N+]([O-])[O-].O=[N+]([O-])[O-].O=[N+]([O-])[O-].O=[N+]([O-])[O-].[Al+3].[Zn+2]. The van der Waals surface area contributed by atoms with Crippen molar-refractivity contribution in [2.24, 2.45) is 0 Å². The predicted octanol–water partition coefficient (Wildman–Crippen LogP) is -1.93. The molecule has 0 atom stereocenters. The van der Waals surface area contributed by atoms with Crippen LogP contribution in [0, 0.1) is 86.7 Å². The van der Waals surface area contributed by atoms with Crippen LogP contribution in [0.25, 0.3) is 0 Å². The average molecular weight is 465 g/mol. The van der Waals surface area contributed by atoms with Crippen molar-refractivity contribution in [1.82, 2.24) is 0 Å². The summed E-state index contributed by atoms with van der Waals surface area (Å²) in [5.74, 6) is 0. The number of hydrogen-bond donors (Lipinski definition) is 1. The molecule has 0 amide bonds. The number of hydrogen-bond acceptors (Lipinski definition) is 17. The molecule has 24 nitrogen and oxygen atoms in total. The van der Waals surface area contributed by atoms with E-state index in [-0.39, 0.29) is 36.8 Å². The van der Waals surface area contributed by atoms with Crippen molar-refractivity contribution in [2.75, 3.05) is 0 Å². The van der Waals surface area contributed by atoms with Crippen LogP contribution >= 0.6 is 0 Å². The zero-order valence-electron chi connectivity index (χ0n) is 11.4. The molecule has 0 rings (SSSR count). The first kappa shape index (κ1) is 49.5. The van der Waals surface area contributed by atoms with E-state index < -0.39 is 30.5 Å². The molecule has 0 aromatic heterocycles. The van der Waals surface area contributed by atoms with Crippen molar-refractivity contribution in [1.29, 1.82) is 0 Å². The fourth-order valence-corrected chi connectivity index (χ4v) is 0. The Morgan fingerprint density at radius 3 is 0.423 bits per heavy atom. The monoisotopic (exact) mass is 464 g/mol. The Balaban J connectivity index is -0.0000000245. The van der Waals surface area contributed by atoms with Crippen molar-refractivity contribution in [3.8, 4) is 0 Å². The summed E-state index contributed by atoms with van der Waals surface area (Å²) >= 11 is 0. The van der Waals surface area contributed by atoms with E-state index in [9.17, 15) is 0 Å². The van der Waals surface area contributed by atoms with Gasteiger partial charge >= 0.3 is 36.8 Å². The van der Waals surface area contributed by atoms with E-state index in [1.807, 2.05) is 0 Å². The van der Waals surface area contributed by atoms with Crippen molar-refractivity contribution in [3.63, 3.8) is 0 Å². The Hall–Kier alpha value is -3.64. The van der Waals surface area contributed by atoms with Crippen LogP contribution in [0.4, 0.5) is 0 Å². The van der Waals surface area contributed by atoms with Gasteiger partial charge < -0.3 is 81.8 Å². The van der Waals surface area contributed by atoms with Gasteiger partial charge in [0.15, 0.2) is 0 Å². The molecule has 0 aliphatic carbocycles. The first-order valence-electron chi connectivity index (χ1n) is 3.30. The molecule has 0 aromatic carbocycles. The summed E-state index contributed by atoms with van der Waals surface area (Å²) in [6.07, 6.45) is 0. The summed E-state index contributed by atoms with van der Waals surface area (Å²) in [6, 6.07) is 0. The van der Waals surface area contributed by atoms with Crippen molar-refractivity contribution >= 4 is 17.4 Å². The second-order valence-electron chi connectivity index (χ2n) is 1.36. The minimum atomic E-state index is -1.75. The van der Waals surface area contributed by atoms with E-state index in [2.05, 4.69) is 0 Å². The quantitative estimate of drug-likeness (QED) is 0.231. The fraction of sp³-hybridized carbons (Fsp3) is 0. The maximum atomic E-state index is 8.36. The molecule has 144 valence electrons. The van der Waals surface area contributed by atoms with Gasteiger partial charge in [-0.1, -0.05) is 0 Å². The third-order valence-electron chi connectivity index (χ3n) is 0. The Morgan fingerprint density at radius 2 is 0.423 bits per heavy atom. The first-order chi connectivity index (χ1) is 10.4. The van der Waals surface area contributed by atoms with Crippen molar-refractivity contribution in [3.05, 3.63) is 86.7 Å². The standard InChI is InChI=1S/Al.HNO3.5NO3.Zn/c;6*2-1(3)4;/h;(H,2,3,4);;;;;;/q+3;;5*-1;+2. The summed E-state index contributed by atoms with van der Waals surface area (Å²) in [7, 11) is 0. The van der Waals surface area contributed by atoms with E-state index in [0.29, 0.717) is 0 Å². The van der Waals surface area contributed by atoms with Crippen LogP contribution in [0.2, 0.25) is 0 Å². The van der Waals surface area contributed by atoms with Crippen LogP contribution < -0.4 is 0 Å². The zero-order valence-corrected chi connectivity index (χ0v) is 15.5. The molecule has 0 spiro atoms. The van der Waals surface area contributed by atoms with Gasteiger partial charge in [-0.2, -0.15) is 0 Å². The largest absolute Gasteiger partial charge is 3.00 e. The molecular formula is HAlN6O18Zn. The Kier molecular flexibility index (Phi) is 81.7. The first-order valence-corrected chi connectivity index (χ1v) is 3.30. The maximum absolute atomic E-state index is 8.36. The van der Waals surface area contributed by atoms with Crippen LogP contribution in [0.1, 0.15) is 0 Å². The molecule has 1 N–H and O–H groups in total. The van der Waals surface area contributed by atoms with Crippen LogP contribution in [0.5, 0.6) is 0 Å². The van der Waals surface area contributed by atoms with E-state index in [4.69, 9.17) is 91.9 Å². The molecule has 0 fully saturated rings. The molecule has 26 heavy (non-hydrogen) atoms.